The molecule has 0 atom stereocenters. The van der Waals surface area contributed by atoms with Gasteiger partial charge in [-0.25, -0.2) is 9.97 Å². The number of benzene rings is 2. The maximum Gasteiger partial charge on any atom is 0.137 e. The van der Waals surface area contributed by atoms with Gasteiger partial charge in [0.05, 0.1) is 12.1 Å². The van der Waals surface area contributed by atoms with Gasteiger partial charge >= 0.3 is 0 Å². The first-order valence-electron chi connectivity index (χ1n) is 7.45. The predicted molar refractivity (Wildman–Crippen MR) is 89.2 cm³/mol. The molecule has 1 aromatic heterocycles. The average molecular weight is 293 g/mol. The standard InChI is InChI=1S/C18H19N3O/c1-3-22-15-10-8-14(9-11-15)12-19-18-16-6-4-5-7-17(16)20-13(2)21-18/h4-11H,3,12H2,1-2H3,(H,19,20,21). The summed E-state index contributed by atoms with van der Waals surface area (Å²) in [6, 6.07) is 16.1. The van der Waals surface area contributed by atoms with E-state index in [1.807, 2.05) is 50.2 Å². The van der Waals surface area contributed by atoms with Crippen LogP contribution in [0.3, 0.4) is 0 Å². The minimum atomic E-state index is 0.684. The zero-order valence-electron chi connectivity index (χ0n) is 12.8. The zero-order chi connectivity index (χ0) is 15.4. The molecule has 0 aliphatic heterocycles. The average Bonchev–Trinajstić information content (AvgIpc) is 2.54. The molecule has 0 spiro atoms. The Hall–Kier alpha value is -2.62. The molecule has 0 bridgehead atoms. The van der Waals surface area contributed by atoms with Crippen LogP contribution in [0.15, 0.2) is 48.5 Å². The molecule has 22 heavy (non-hydrogen) atoms. The van der Waals surface area contributed by atoms with Crippen LogP contribution in [0.2, 0.25) is 0 Å². The minimum absolute atomic E-state index is 0.684. The fourth-order valence-electron chi connectivity index (χ4n) is 2.38. The normalized spacial score (nSPS) is 10.6. The van der Waals surface area contributed by atoms with E-state index >= 15 is 0 Å². The molecule has 2 aromatic carbocycles. The molecule has 3 rings (SSSR count). The molecule has 4 nitrogen and oxygen atoms in total. The Morgan fingerprint density at radius 2 is 1.77 bits per heavy atom. The maximum absolute atomic E-state index is 5.46. The highest BCUT2D eigenvalue weighted by molar-refractivity contribution is 5.88. The first-order chi connectivity index (χ1) is 10.8. The van der Waals surface area contributed by atoms with Crippen molar-refractivity contribution in [2.75, 3.05) is 11.9 Å². The van der Waals surface area contributed by atoms with E-state index in [0.29, 0.717) is 13.2 Å². The Morgan fingerprint density at radius 3 is 2.55 bits per heavy atom. The first-order valence-corrected chi connectivity index (χ1v) is 7.45. The van der Waals surface area contributed by atoms with E-state index in [9.17, 15) is 0 Å². The summed E-state index contributed by atoms with van der Waals surface area (Å²) in [5.74, 6) is 2.54. The van der Waals surface area contributed by atoms with Gasteiger partial charge in [0, 0.05) is 11.9 Å². The Bertz CT molecular complexity index is 769. The molecule has 4 heteroatoms. The smallest absolute Gasteiger partial charge is 0.137 e. The highest BCUT2D eigenvalue weighted by Crippen LogP contribution is 2.21. The zero-order valence-corrected chi connectivity index (χ0v) is 12.8. The lowest BCUT2D eigenvalue weighted by Gasteiger charge is -2.10. The molecule has 3 aromatic rings. The predicted octanol–water partition coefficient (Wildman–Crippen LogP) is 3.95. The fraction of sp³-hybridized carbons (Fsp3) is 0.222. The van der Waals surface area contributed by atoms with Crippen molar-refractivity contribution in [3.63, 3.8) is 0 Å². The Labute approximate surface area is 130 Å². The third-order valence-electron chi connectivity index (χ3n) is 3.41. The first kappa shape index (κ1) is 14.3. The summed E-state index contributed by atoms with van der Waals surface area (Å²) in [6.45, 7) is 5.29. The lowest BCUT2D eigenvalue weighted by atomic mass is 10.2. The quantitative estimate of drug-likeness (QED) is 0.773. The molecule has 0 radical (unpaired) electrons. The van der Waals surface area contributed by atoms with Gasteiger partial charge in [0.15, 0.2) is 0 Å². The van der Waals surface area contributed by atoms with Gasteiger partial charge in [-0.15, -0.1) is 0 Å². The molecule has 1 N–H and O–H groups in total. The molecule has 112 valence electrons. The number of rotatable bonds is 5. The van der Waals surface area contributed by atoms with Crippen LogP contribution >= 0.6 is 0 Å². The number of nitrogens with zero attached hydrogens (tertiary/aromatic N) is 2. The van der Waals surface area contributed by atoms with Crippen LogP contribution in [0.4, 0.5) is 5.82 Å². The van der Waals surface area contributed by atoms with Crippen molar-refractivity contribution in [2.24, 2.45) is 0 Å². The van der Waals surface area contributed by atoms with E-state index in [-0.39, 0.29) is 0 Å². The van der Waals surface area contributed by atoms with Crippen molar-refractivity contribution >= 4 is 16.7 Å². The summed E-state index contributed by atoms with van der Waals surface area (Å²) < 4.78 is 5.46. The largest absolute Gasteiger partial charge is 0.494 e. The molecule has 0 aliphatic rings. The number of hydrogen-bond donors (Lipinski definition) is 1. The van der Waals surface area contributed by atoms with Gasteiger partial charge in [0.25, 0.3) is 0 Å². The lowest BCUT2D eigenvalue weighted by Crippen LogP contribution is -2.04. The molecule has 0 amide bonds. The maximum atomic E-state index is 5.46. The summed E-state index contributed by atoms with van der Waals surface area (Å²) in [7, 11) is 0. The number of ether oxygens (including phenoxy) is 1. The van der Waals surface area contributed by atoms with E-state index < -0.39 is 0 Å². The number of aryl methyl sites for hydroxylation is 1. The van der Waals surface area contributed by atoms with E-state index in [0.717, 1.165) is 28.3 Å². The van der Waals surface area contributed by atoms with Crippen molar-refractivity contribution in [3.05, 3.63) is 59.9 Å². The summed E-state index contributed by atoms with van der Waals surface area (Å²) in [5, 5.41) is 4.45. The van der Waals surface area contributed by atoms with Crippen molar-refractivity contribution < 1.29 is 4.74 Å². The van der Waals surface area contributed by atoms with Crippen LogP contribution < -0.4 is 10.1 Å². The van der Waals surface area contributed by atoms with Crippen LogP contribution in [0, 0.1) is 6.92 Å². The van der Waals surface area contributed by atoms with Gasteiger partial charge in [0.2, 0.25) is 0 Å². The number of hydrogen-bond acceptors (Lipinski definition) is 4. The van der Waals surface area contributed by atoms with Crippen molar-refractivity contribution in [1.29, 1.82) is 0 Å². The van der Waals surface area contributed by atoms with E-state index in [4.69, 9.17) is 4.74 Å². The molecular formula is C18H19N3O. The molecule has 0 saturated heterocycles. The van der Waals surface area contributed by atoms with Gasteiger partial charge < -0.3 is 10.1 Å². The fourth-order valence-corrected chi connectivity index (χ4v) is 2.38. The van der Waals surface area contributed by atoms with Crippen LogP contribution in [-0.4, -0.2) is 16.6 Å². The summed E-state index contributed by atoms with van der Waals surface area (Å²) in [4.78, 5) is 8.97. The number of nitrogens with one attached hydrogen (secondary N) is 1. The molecule has 1 heterocycles. The van der Waals surface area contributed by atoms with Crippen molar-refractivity contribution in [3.8, 4) is 5.75 Å². The molecule has 0 unspecified atom stereocenters. The monoisotopic (exact) mass is 293 g/mol. The highest BCUT2D eigenvalue weighted by Gasteiger charge is 2.05. The lowest BCUT2D eigenvalue weighted by molar-refractivity contribution is 0.340. The number of aromatic nitrogens is 2. The second kappa shape index (κ2) is 6.43. The minimum Gasteiger partial charge on any atom is -0.494 e. The van der Waals surface area contributed by atoms with Gasteiger partial charge in [-0.05, 0) is 43.7 Å². The molecule has 0 aliphatic carbocycles. The van der Waals surface area contributed by atoms with E-state index in [1.54, 1.807) is 0 Å². The van der Waals surface area contributed by atoms with Crippen molar-refractivity contribution in [2.45, 2.75) is 20.4 Å². The Balaban J connectivity index is 1.78. The summed E-state index contributed by atoms with van der Waals surface area (Å²) in [5.41, 5.74) is 2.15. The summed E-state index contributed by atoms with van der Waals surface area (Å²) >= 11 is 0. The topological polar surface area (TPSA) is 47.0 Å². The Kier molecular flexibility index (Phi) is 4.19. The van der Waals surface area contributed by atoms with E-state index in [1.165, 1.54) is 5.56 Å². The number of para-hydroxylation sites is 1. The number of anilines is 1. The second-order valence-corrected chi connectivity index (χ2v) is 5.07. The third-order valence-corrected chi connectivity index (χ3v) is 3.41. The molecular weight excluding hydrogens is 274 g/mol. The van der Waals surface area contributed by atoms with Crippen LogP contribution in [0.5, 0.6) is 5.75 Å². The Morgan fingerprint density at radius 1 is 1.00 bits per heavy atom. The van der Waals surface area contributed by atoms with Crippen LogP contribution in [0.1, 0.15) is 18.3 Å². The van der Waals surface area contributed by atoms with Gasteiger partial charge in [-0.2, -0.15) is 0 Å². The second-order valence-electron chi connectivity index (χ2n) is 5.07. The van der Waals surface area contributed by atoms with Gasteiger partial charge in [0.1, 0.15) is 17.4 Å². The number of fused-ring (bicyclic) bond motifs is 1. The summed E-state index contributed by atoms with van der Waals surface area (Å²) in [6.07, 6.45) is 0. The molecule has 0 saturated carbocycles. The third kappa shape index (κ3) is 3.17. The highest BCUT2D eigenvalue weighted by atomic mass is 16.5. The van der Waals surface area contributed by atoms with Crippen molar-refractivity contribution in [1.82, 2.24) is 9.97 Å². The SMILES string of the molecule is CCOc1ccc(CNc2nc(C)nc3ccccc23)cc1. The van der Waals surface area contributed by atoms with Gasteiger partial charge in [-0.1, -0.05) is 24.3 Å². The van der Waals surface area contributed by atoms with Crippen LogP contribution in [0.25, 0.3) is 10.9 Å². The van der Waals surface area contributed by atoms with E-state index in [2.05, 4.69) is 27.4 Å². The molecule has 0 fully saturated rings. The van der Waals surface area contributed by atoms with Gasteiger partial charge in [-0.3, -0.25) is 0 Å². The van der Waals surface area contributed by atoms with Crippen LogP contribution in [-0.2, 0) is 6.54 Å².